The summed E-state index contributed by atoms with van der Waals surface area (Å²) in [6.45, 7) is 2.35. The average molecular weight is 346 g/mol. The number of hydrogen-bond donors (Lipinski definition) is 1. The highest BCUT2D eigenvalue weighted by atomic mass is 79.9. The van der Waals surface area contributed by atoms with Gasteiger partial charge in [0.05, 0.1) is 6.10 Å². The molecule has 0 saturated carbocycles. The third kappa shape index (κ3) is 6.99. The highest BCUT2D eigenvalue weighted by Crippen LogP contribution is 2.21. The van der Waals surface area contributed by atoms with E-state index in [1.54, 1.807) is 30.6 Å². The number of rotatable bonds is 7. The van der Waals surface area contributed by atoms with E-state index in [-0.39, 0.29) is 12.0 Å². The molecule has 1 rings (SSSR count). The topological polar surface area (TPSA) is 40.5 Å². The van der Waals surface area contributed by atoms with E-state index in [0.29, 0.717) is 19.4 Å². The molecule has 0 bridgehead atoms. The summed E-state index contributed by atoms with van der Waals surface area (Å²) in [6, 6.07) is 8.07. The lowest BCUT2D eigenvalue weighted by Gasteiger charge is -2.17. The molecule has 0 aromatic heterocycles. The molecule has 1 unspecified atom stereocenters. The Kier molecular flexibility index (Phi) is 7.49. The second-order valence-corrected chi connectivity index (χ2v) is 6.59. The standard InChI is InChI=1S/C14H20BrNO2S/c1-11(17)7-9-16(2)14(18)8-10-19-13-5-3-12(15)4-6-13/h3-6,11,17H,7-10H2,1-2H3. The second kappa shape index (κ2) is 8.61. The minimum absolute atomic E-state index is 0.130. The van der Waals surface area contributed by atoms with Crippen molar-refractivity contribution < 1.29 is 9.90 Å². The minimum Gasteiger partial charge on any atom is -0.393 e. The summed E-state index contributed by atoms with van der Waals surface area (Å²) in [5.74, 6) is 0.907. The molecule has 19 heavy (non-hydrogen) atoms. The van der Waals surface area contributed by atoms with Gasteiger partial charge in [0.25, 0.3) is 0 Å². The molecule has 1 amide bonds. The molecule has 1 aromatic carbocycles. The van der Waals surface area contributed by atoms with E-state index < -0.39 is 0 Å². The maximum Gasteiger partial charge on any atom is 0.223 e. The number of carbonyl (C=O) groups excluding carboxylic acids is 1. The molecule has 1 N–H and O–H groups in total. The number of hydrogen-bond acceptors (Lipinski definition) is 3. The summed E-state index contributed by atoms with van der Waals surface area (Å²) in [7, 11) is 1.79. The van der Waals surface area contributed by atoms with Gasteiger partial charge >= 0.3 is 0 Å². The second-order valence-electron chi connectivity index (χ2n) is 4.51. The maximum absolute atomic E-state index is 11.8. The van der Waals surface area contributed by atoms with Gasteiger partial charge in [-0.05, 0) is 37.6 Å². The molecule has 1 atom stereocenters. The molecule has 0 heterocycles. The fourth-order valence-electron chi connectivity index (χ4n) is 1.48. The van der Waals surface area contributed by atoms with Crippen LogP contribution in [0.25, 0.3) is 0 Å². The molecule has 0 saturated heterocycles. The van der Waals surface area contributed by atoms with Crippen LogP contribution in [-0.4, -0.2) is 41.4 Å². The van der Waals surface area contributed by atoms with Crippen molar-refractivity contribution in [2.75, 3.05) is 19.3 Å². The average Bonchev–Trinajstić information content (AvgIpc) is 2.38. The number of amides is 1. The Morgan fingerprint density at radius 1 is 1.42 bits per heavy atom. The monoisotopic (exact) mass is 345 g/mol. The van der Waals surface area contributed by atoms with Crippen LogP contribution in [0.15, 0.2) is 33.6 Å². The van der Waals surface area contributed by atoms with Gasteiger partial charge in [0, 0.05) is 35.1 Å². The number of halogens is 1. The van der Waals surface area contributed by atoms with Gasteiger partial charge in [0.2, 0.25) is 5.91 Å². The van der Waals surface area contributed by atoms with E-state index in [2.05, 4.69) is 15.9 Å². The third-order valence-corrected chi connectivity index (χ3v) is 4.25. The SMILES string of the molecule is CC(O)CCN(C)C(=O)CCSc1ccc(Br)cc1. The Balaban J connectivity index is 2.24. The van der Waals surface area contributed by atoms with Crippen LogP contribution in [0.3, 0.4) is 0 Å². The predicted octanol–water partition coefficient (Wildman–Crippen LogP) is 3.16. The van der Waals surface area contributed by atoms with Gasteiger partial charge in [-0.3, -0.25) is 4.79 Å². The molecule has 0 spiro atoms. The Morgan fingerprint density at radius 3 is 2.63 bits per heavy atom. The van der Waals surface area contributed by atoms with Crippen LogP contribution in [0.4, 0.5) is 0 Å². The summed E-state index contributed by atoms with van der Waals surface area (Å²) in [5, 5.41) is 9.18. The van der Waals surface area contributed by atoms with Gasteiger partial charge < -0.3 is 10.0 Å². The Labute approximate surface area is 127 Å². The quantitative estimate of drug-likeness (QED) is 0.771. The van der Waals surface area contributed by atoms with E-state index in [1.807, 2.05) is 24.3 Å². The number of aliphatic hydroxyl groups excluding tert-OH is 1. The van der Waals surface area contributed by atoms with Crippen molar-refractivity contribution in [3.8, 4) is 0 Å². The normalized spacial score (nSPS) is 12.2. The molecule has 3 nitrogen and oxygen atoms in total. The number of aliphatic hydroxyl groups is 1. The van der Waals surface area contributed by atoms with Crippen molar-refractivity contribution in [1.29, 1.82) is 0 Å². The molecule has 0 aliphatic heterocycles. The molecule has 0 aliphatic rings. The van der Waals surface area contributed by atoms with Crippen LogP contribution < -0.4 is 0 Å². The maximum atomic E-state index is 11.8. The lowest BCUT2D eigenvalue weighted by molar-refractivity contribution is -0.129. The molecule has 0 fully saturated rings. The fourth-order valence-corrected chi connectivity index (χ4v) is 2.59. The van der Waals surface area contributed by atoms with Gasteiger partial charge in [-0.25, -0.2) is 0 Å². The third-order valence-electron chi connectivity index (χ3n) is 2.71. The Bertz CT molecular complexity index is 395. The van der Waals surface area contributed by atoms with Crippen molar-refractivity contribution in [2.45, 2.75) is 30.8 Å². The first-order valence-corrected chi connectivity index (χ1v) is 8.07. The van der Waals surface area contributed by atoms with Gasteiger partial charge in [-0.1, -0.05) is 15.9 Å². The highest BCUT2D eigenvalue weighted by molar-refractivity contribution is 9.10. The first-order chi connectivity index (χ1) is 8.99. The fraction of sp³-hybridized carbons (Fsp3) is 0.500. The van der Waals surface area contributed by atoms with Crippen molar-refractivity contribution in [3.05, 3.63) is 28.7 Å². The number of thioether (sulfide) groups is 1. The van der Waals surface area contributed by atoms with Crippen LogP contribution in [0, 0.1) is 0 Å². The number of carbonyl (C=O) groups is 1. The molecule has 1 aromatic rings. The van der Waals surface area contributed by atoms with Crippen molar-refractivity contribution >= 4 is 33.6 Å². The smallest absolute Gasteiger partial charge is 0.223 e. The number of nitrogens with zero attached hydrogens (tertiary/aromatic N) is 1. The van der Waals surface area contributed by atoms with Gasteiger partial charge in [0.15, 0.2) is 0 Å². The van der Waals surface area contributed by atoms with Crippen LogP contribution in [0.2, 0.25) is 0 Å². The summed E-state index contributed by atoms with van der Waals surface area (Å²) in [6.07, 6.45) is 0.798. The summed E-state index contributed by atoms with van der Waals surface area (Å²) < 4.78 is 1.06. The minimum atomic E-state index is -0.354. The van der Waals surface area contributed by atoms with Crippen LogP contribution in [-0.2, 0) is 4.79 Å². The van der Waals surface area contributed by atoms with Gasteiger partial charge in [-0.15, -0.1) is 11.8 Å². The van der Waals surface area contributed by atoms with E-state index in [1.165, 1.54) is 4.90 Å². The predicted molar refractivity (Wildman–Crippen MR) is 83.4 cm³/mol. The molecule has 106 valence electrons. The first kappa shape index (κ1) is 16.5. The first-order valence-electron chi connectivity index (χ1n) is 6.29. The Hall–Kier alpha value is -0.520. The Morgan fingerprint density at radius 2 is 2.05 bits per heavy atom. The lowest BCUT2D eigenvalue weighted by atomic mass is 10.2. The molecule has 5 heteroatoms. The van der Waals surface area contributed by atoms with Crippen LogP contribution in [0.1, 0.15) is 19.8 Å². The lowest BCUT2D eigenvalue weighted by Crippen LogP contribution is -2.29. The van der Waals surface area contributed by atoms with Crippen molar-refractivity contribution in [2.24, 2.45) is 0 Å². The van der Waals surface area contributed by atoms with Crippen LogP contribution >= 0.6 is 27.7 Å². The van der Waals surface area contributed by atoms with Crippen molar-refractivity contribution in [1.82, 2.24) is 4.90 Å². The van der Waals surface area contributed by atoms with Crippen molar-refractivity contribution in [3.63, 3.8) is 0 Å². The summed E-state index contributed by atoms with van der Waals surface area (Å²) >= 11 is 5.08. The zero-order valence-corrected chi connectivity index (χ0v) is 13.7. The summed E-state index contributed by atoms with van der Waals surface area (Å²) in [4.78, 5) is 14.7. The highest BCUT2D eigenvalue weighted by Gasteiger charge is 2.09. The van der Waals surface area contributed by atoms with Gasteiger partial charge in [0.1, 0.15) is 0 Å². The van der Waals surface area contributed by atoms with Crippen LogP contribution in [0.5, 0.6) is 0 Å². The van der Waals surface area contributed by atoms with E-state index >= 15 is 0 Å². The molecular formula is C14H20BrNO2S. The molecular weight excluding hydrogens is 326 g/mol. The number of benzene rings is 1. The van der Waals surface area contributed by atoms with Gasteiger partial charge in [-0.2, -0.15) is 0 Å². The molecule has 0 aliphatic carbocycles. The van der Waals surface area contributed by atoms with E-state index in [4.69, 9.17) is 0 Å². The van der Waals surface area contributed by atoms with E-state index in [0.717, 1.165) is 10.2 Å². The zero-order valence-electron chi connectivity index (χ0n) is 11.3. The van der Waals surface area contributed by atoms with E-state index in [9.17, 15) is 9.90 Å². The molecule has 0 radical (unpaired) electrons. The zero-order chi connectivity index (χ0) is 14.3. The summed E-state index contributed by atoms with van der Waals surface area (Å²) in [5.41, 5.74) is 0. The largest absolute Gasteiger partial charge is 0.393 e.